The van der Waals surface area contributed by atoms with E-state index in [1.807, 2.05) is 41.9 Å². The molecule has 0 radical (unpaired) electrons. The molecule has 0 aliphatic carbocycles. The number of thioether (sulfide) groups is 1. The minimum atomic E-state index is -0.477. The van der Waals surface area contributed by atoms with Crippen molar-refractivity contribution < 1.29 is 9.59 Å². The van der Waals surface area contributed by atoms with Crippen molar-refractivity contribution in [3.63, 3.8) is 0 Å². The standard InChI is InChI=1S/C16H20N4O2S/c1-4-17-15(22)19-14(21)11(2)23-16-18-10-13(20(16)3)12-8-6-5-7-9-12/h5-11H,4H2,1-3H3,(H2,17,19,21,22). The van der Waals surface area contributed by atoms with Gasteiger partial charge in [-0.3, -0.25) is 10.1 Å². The highest BCUT2D eigenvalue weighted by Gasteiger charge is 2.19. The Kier molecular flexibility index (Phi) is 5.81. The summed E-state index contributed by atoms with van der Waals surface area (Å²) in [6, 6.07) is 9.45. The summed E-state index contributed by atoms with van der Waals surface area (Å²) in [7, 11) is 1.91. The van der Waals surface area contributed by atoms with Gasteiger partial charge in [-0.2, -0.15) is 0 Å². The van der Waals surface area contributed by atoms with Gasteiger partial charge in [0.2, 0.25) is 5.91 Å². The summed E-state index contributed by atoms with van der Waals surface area (Å²) in [5, 5.41) is 5.14. The van der Waals surface area contributed by atoms with E-state index in [-0.39, 0.29) is 5.91 Å². The predicted molar refractivity (Wildman–Crippen MR) is 91.2 cm³/mol. The minimum absolute atomic E-state index is 0.342. The van der Waals surface area contributed by atoms with E-state index in [2.05, 4.69) is 15.6 Å². The summed E-state index contributed by atoms with van der Waals surface area (Å²) in [5.74, 6) is -0.342. The molecule has 0 spiro atoms. The number of imidazole rings is 1. The summed E-state index contributed by atoms with van der Waals surface area (Å²) >= 11 is 1.31. The average Bonchev–Trinajstić information content (AvgIpc) is 2.89. The number of benzene rings is 1. The highest BCUT2D eigenvalue weighted by molar-refractivity contribution is 8.00. The first kappa shape index (κ1) is 17.1. The molecule has 23 heavy (non-hydrogen) atoms. The van der Waals surface area contributed by atoms with Gasteiger partial charge in [0.05, 0.1) is 17.1 Å². The molecule has 1 aromatic heterocycles. The summed E-state index contributed by atoms with van der Waals surface area (Å²) in [6.45, 7) is 4.01. The number of hydrogen-bond donors (Lipinski definition) is 2. The third-order valence-electron chi connectivity index (χ3n) is 3.24. The molecule has 7 heteroatoms. The van der Waals surface area contributed by atoms with Gasteiger partial charge in [-0.1, -0.05) is 42.1 Å². The normalized spacial score (nSPS) is 11.8. The van der Waals surface area contributed by atoms with Gasteiger partial charge in [-0.25, -0.2) is 9.78 Å². The fourth-order valence-electron chi connectivity index (χ4n) is 2.01. The highest BCUT2D eigenvalue weighted by atomic mass is 32.2. The van der Waals surface area contributed by atoms with Gasteiger partial charge >= 0.3 is 6.03 Å². The Morgan fingerprint density at radius 3 is 2.65 bits per heavy atom. The molecule has 2 aromatic rings. The zero-order chi connectivity index (χ0) is 16.8. The summed E-state index contributed by atoms with van der Waals surface area (Å²) in [4.78, 5) is 27.8. The lowest BCUT2D eigenvalue weighted by molar-refractivity contribution is -0.119. The van der Waals surface area contributed by atoms with Crippen molar-refractivity contribution in [3.05, 3.63) is 36.5 Å². The maximum atomic E-state index is 12.0. The second-order valence-corrected chi connectivity index (χ2v) is 6.27. The van der Waals surface area contributed by atoms with E-state index >= 15 is 0 Å². The number of carbonyl (C=O) groups excluding carboxylic acids is 2. The molecule has 2 rings (SSSR count). The first-order chi connectivity index (χ1) is 11.0. The van der Waals surface area contributed by atoms with E-state index < -0.39 is 11.3 Å². The molecule has 3 amide bonds. The first-order valence-corrected chi connectivity index (χ1v) is 8.23. The van der Waals surface area contributed by atoms with Crippen LogP contribution in [0.2, 0.25) is 0 Å². The maximum absolute atomic E-state index is 12.0. The van der Waals surface area contributed by atoms with Crippen molar-refractivity contribution in [2.24, 2.45) is 7.05 Å². The lowest BCUT2D eigenvalue weighted by Gasteiger charge is -2.12. The maximum Gasteiger partial charge on any atom is 0.321 e. The molecule has 0 aliphatic rings. The number of carbonyl (C=O) groups is 2. The zero-order valence-electron chi connectivity index (χ0n) is 13.4. The Hall–Kier alpha value is -2.28. The van der Waals surface area contributed by atoms with E-state index in [4.69, 9.17) is 0 Å². The molecule has 0 bridgehead atoms. The number of nitrogens with one attached hydrogen (secondary N) is 2. The number of rotatable bonds is 5. The Morgan fingerprint density at radius 2 is 2.00 bits per heavy atom. The average molecular weight is 332 g/mol. The molecular formula is C16H20N4O2S. The summed E-state index contributed by atoms with van der Waals surface area (Å²) in [5.41, 5.74) is 2.04. The van der Waals surface area contributed by atoms with Crippen LogP contribution >= 0.6 is 11.8 Å². The monoisotopic (exact) mass is 332 g/mol. The smallest absolute Gasteiger partial charge is 0.321 e. The minimum Gasteiger partial charge on any atom is -0.338 e. The van der Waals surface area contributed by atoms with Gasteiger partial charge in [0.15, 0.2) is 5.16 Å². The Morgan fingerprint density at radius 1 is 1.30 bits per heavy atom. The molecule has 0 aliphatic heterocycles. The van der Waals surface area contributed by atoms with E-state index in [9.17, 15) is 9.59 Å². The quantitative estimate of drug-likeness (QED) is 0.825. The molecule has 0 fully saturated rings. The molecule has 1 unspecified atom stereocenters. The lowest BCUT2D eigenvalue weighted by Crippen LogP contribution is -2.42. The fraction of sp³-hybridized carbons (Fsp3) is 0.312. The Labute approximate surface area is 139 Å². The van der Waals surface area contributed by atoms with Gasteiger partial charge in [-0.15, -0.1) is 0 Å². The molecular weight excluding hydrogens is 312 g/mol. The first-order valence-electron chi connectivity index (χ1n) is 7.35. The van der Waals surface area contributed by atoms with Crippen molar-refractivity contribution in [3.8, 4) is 11.3 Å². The Bertz CT molecular complexity index is 685. The van der Waals surface area contributed by atoms with Crippen LogP contribution in [0.1, 0.15) is 13.8 Å². The van der Waals surface area contributed by atoms with E-state index in [0.717, 1.165) is 16.4 Å². The lowest BCUT2D eigenvalue weighted by atomic mass is 10.2. The summed E-state index contributed by atoms with van der Waals surface area (Å²) < 4.78 is 1.94. The molecule has 2 N–H and O–H groups in total. The predicted octanol–water partition coefficient (Wildman–Crippen LogP) is 2.41. The van der Waals surface area contributed by atoms with Crippen LogP contribution in [-0.2, 0) is 11.8 Å². The molecule has 0 saturated carbocycles. The van der Waals surface area contributed by atoms with Crippen LogP contribution in [0, 0.1) is 0 Å². The van der Waals surface area contributed by atoms with Crippen molar-refractivity contribution in [2.45, 2.75) is 24.3 Å². The van der Waals surface area contributed by atoms with Crippen LogP contribution in [-0.4, -0.2) is 33.3 Å². The summed E-state index contributed by atoms with van der Waals surface area (Å²) in [6.07, 6.45) is 1.78. The fourth-order valence-corrected chi connectivity index (χ4v) is 2.86. The van der Waals surface area contributed by atoms with Crippen LogP contribution in [0.15, 0.2) is 41.7 Å². The Balaban J connectivity index is 2.05. The van der Waals surface area contributed by atoms with Crippen LogP contribution in [0.5, 0.6) is 0 Å². The number of aromatic nitrogens is 2. The van der Waals surface area contributed by atoms with Crippen LogP contribution < -0.4 is 10.6 Å². The van der Waals surface area contributed by atoms with Crippen molar-refractivity contribution in [1.29, 1.82) is 0 Å². The van der Waals surface area contributed by atoms with Crippen LogP contribution in [0.3, 0.4) is 0 Å². The van der Waals surface area contributed by atoms with Gasteiger partial charge in [0, 0.05) is 13.6 Å². The third kappa shape index (κ3) is 4.35. The van der Waals surface area contributed by atoms with E-state index in [0.29, 0.717) is 6.54 Å². The molecule has 122 valence electrons. The van der Waals surface area contributed by atoms with Gasteiger partial charge in [0.1, 0.15) is 0 Å². The van der Waals surface area contributed by atoms with Crippen molar-refractivity contribution in [2.75, 3.05) is 6.54 Å². The topological polar surface area (TPSA) is 76.0 Å². The molecule has 1 aromatic carbocycles. The SMILES string of the molecule is CCNC(=O)NC(=O)C(C)Sc1ncc(-c2ccccc2)n1C. The number of hydrogen-bond acceptors (Lipinski definition) is 4. The second kappa shape index (κ2) is 7.82. The molecule has 1 atom stereocenters. The number of amides is 3. The van der Waals surface area contributed by atoms with Crippen LogP contribution in [0.4, 0.5) is 4.79 Å². The number of urea groups is 1. The molecule has 1 heterocycles. The van der Waals surface area contributed by atoms with E-state index in [1.165, 1.54) is 11.8 Å². The van der Waals surface area contributed by atoms with Gasteiger partial charge in [-0.05, 0) is 19.4 Å². The number of nitrogens with zero attached hydrogens (tertiary/aromatic N) is 2. The van der Waals surface area contributed by atoms with Gasteiger partial charge < -0.3 is 9.88 Å². The van der Waals surface area contributed by atoms with Crippen molar-refractivity contribution in [1.82, 2.24) is 20.2 Å². The molecule has 0 saturated heterocycles. The second-order valence-electron chi connectivity index (χ2n) is 4.96. The van der Waals surface area contributed by atoms with Crippen molar-refractivity contribution >= 4 is 23.7 Å². The molecule has 6 nitrogen and oxygen atoms in total. The highest BCUT2D eigenvalue weighted by Crippen LogP contribution is 2.27. The third-order valence-corrected chi connectivity index (χ3v) is 4.40. The largest absolute Gasteiger partial charge is 0.338 e. The van der Waals surface area contributed by atoms with Gasteiger partial charge in [0.25, 0.3) is 0 Å². The zero-order valence-corrected chi connectivity index (χ0v) is 14.2. The van der Waals surface area contributed by atoms with E-state index in [1.54, 1.807) is 20.0 Å². The number of imide groups is 1. The van der Waals surface area contributed by atoms with Crippen LogP contribution in [0.25, 0.3) is 11.3 Å².